The standard InChI is InChI=1S/C29H34N2OS/c1-21-20-33-29-24(21)10-7-11-25(29)22-13-17-31(18-14-22)19-15-26(27-12-5-6-16-30-27)28(32)23-8-3-2-4-9-23/h5-7,10-13,16,20,23,26H,2-4,8-9,14-15,17-19H2,1H3. The van der Waals surface area contributed by atoms with Gasteiger partial charge in [-0.2, -0.15) is 0 Å². The summed E-state index contributed by atoms with van der Waals surface area (Å²) in [5, 5.41) is 3.66. The van der Waals surface area contributed by atoms with Crippen LogP contribution in [0.25, 0.3) is 15.7 Å². The number of pyridine rings is 1. The number of hydrogen-bond donors (Lipinski definition) is 0. The molecule has 0 radical (unpaired) electrons. The van der Waals surface area contributed by atoms with Crippen molar-refractivity contribution in [2.75, 3.05) is 19.6 Å². The van der Waals surface area contributed by atoms with Crippen LogP contribution >= 0.6 is 11.3 Å². The van der Waals surface area contributed by atoms with Crippen LogP contribution in [0.3, 0.4) is 0 Å². The lowest BCUT2D eigenvalue weighted by Crippen LogP contribution is -2.33. The minimum absolute atomic E-state index is 0.0671. The van der Waals surface area contributed by atoms with E-state index >= 15 is 0 Å². The van der Waals surface area contributed by atoms with Crippen LogP contribution in [-0.2, 0) is 4.79 Å². The lowest BCUT2D eigenvalue weighted by molar-refractivity contribution is -0.125. The van der Waals surface area contributed by atoms with E-state index in [0.717, 1.165) is 51.0 Å². The number of nitrogens with zero attached hydrogens (tertiary/aromatic N) is 2. The summed E-state index contributed by atoms with van der Waals surface area (Å²) in [5.41, 5.74) is 5.21. The molecular weight excluding hydrogens is 424 g/mol. The fourth-order valence-corrected chi connectivity index (χ4v) is 6.70. The highest BCUT2D eigenvalue weighted by atomic mass is 32.1. The predicted octanol–water partition coefficient (Wildman–Crippen LogP) is 7.02. The summed E-state index contributed by atoms with van der Waals surface area (Å²) in [6, 6.07) is 12.7. The molecule has 3 heterocycles. The zero-order chi connectivity index (χ0) is 22.6. The highest BCUT2D eigenvalue weighted by molar-refractivity contribution is 7.17. The second-order valence-electron chi connectivity index (χ2n) is 9.71. The molecule has 0 N–H and O–H groups in total. The Morgan fingerprint density at radius 1 is 1.15 bits per heavy atom. The SMILES string of the molecule is Cc1csc2c(C3=CCN(CCC(C(=O)C4CCCCC4)c4ccccn4)CC3)cccc12. The van der Waals surface area contributed by atoms with Gasteiger partial charge in [0, 0.05) is 29.9 Å². The molecule has 2 aliphatic rings. The molecule has 2 aromatic heterocycles. The summed E-state index contributed by atoms with van der Waals surface area (Å²) < 4.78 is 1.42. The molecule has 1 aliphatic heterocycles. The van der Waals surface area contributed by atoms with Gasteiger partial charge in [-0.05, 0) is 78.8 Å². The van der Waals surface area contributed by atoms with Crippen LogP contribution in [0.1, 0.15) is 67.7 Å². The molecule has 1 atom stereocenters. The molecule has 33 heavy (non-hydrogen) atoms. The van der Waals surface area contributed by atoms with Gasteiger partial charge in [0.2, 0.25) is 0 Å². The summed E-state index contributed by atoms with van der Waals surface area (Å²) in [4.78, 5) is 20.6. The Hall–Kier alpha value is -2.30. The molecule has 1 saturated carbocycles. The van der Waals surface area contributed by atoms with Crippen molar-refractivity contribution in [1.82, 2.24) is 9.88 Å². The van der Waals surface area contributed by atoms with Gasteiger partial charge in [-0.3, -0.25) is 14.7 Å². The molecule has 5 rings (SSSR count). The van der Waals surface area contributed by atoms with Crippen LogP contribution in [0.15, 0.2) is 54.1 Å². The molecule has 0 amide bonds. The maximum atomic E-state index is 13.5. The third-order valence-corrected chi connectivity index (χ3v) is 8.71. The van der Waals surface area contributed by atoms with Crippen molar-refractivity contribution in [3.8, 4) is 0 Å². The topological polar surface area (TPSA) is 33.2 Å². The molecule has 0 bridgehead atoms. The fourth-order valence-electron chi connectivity index (χ4n) is 5.60. The number of carbonyl (C=O) groups is 1. The minimum atomic E-state index is -0.0671. The number of aromatic nitrogens is 1. The molecule has 3 nitrogen and oxygen atoms in total. The zero-order valence-corrected chi connectivity index (χ0v) is 20.4. The lowest BCUT2D eigenvalue weighted by Gasteiger charge is -2.29. The summed E-state index contributed by atoms with van der Waals surface area (Å²) in [7, 11) is 0. The van der Waals surface area contributed by atoms with E-state index in [9.17, 15) is 4.79 Å². The maximum absolute atomic E-state index is 13.5. The van der Waals surface area contributed by atoms with Crippen molar-refractivity contribution in [3.05, 3.63) is 70.9 Å². The highest BCUT2D eigenvalue weighted by Gasteiger charge is 2.30. The summed E-state index contributed by atoms with van der Waals surface area (Å²) in [6.45, 7) is 5.17. The van der Waals surface area contributed by atoms with Gasteiger partial charge in [-0.1, -0.05) is 49.6 Å². The average molecular weight is 459 g/mol. The van der Waals surface area contributed by atoms with Gasteiger partial charge < -0.3 is 0 Å². The number of carbonyl (C=O) groups excluding carboxylic acids is 1. The van der Waals surface area contributed by atoms with E-state index < -0.39 is 0 Å². The van der Waals surface area contributed by atoms with Crippen molar-refractivity contribution in [2.24, 2.45) is 5.92 Å². The van der Waals surface area contributed by atoms with Crippen LogP contribution in [0.2, 0.25) is 0 Å². The number of thiophene rings is 1. The number of ketones is 1. The van der Waals surface area contributed by atoms with E-state index in [1.165, 1.54) is 46.0 Å². The first-order valence-electron chi connectivity index (χ1n) is 12.5. The van der Waals surface area contributed by atoms with E-state index in [-0.39, 0.29) is 11.8 Å². The first kappa shape index (κ1) is 22.5. The minimum Gasteiger partial charge on any atom is -0.299 e. The van der Waals surface area contributed by atoms with Gasteiger partial charge in [0.05, 0.1) is 11.6 Å². The molecule has 0 saturated heterocycles. The Labute approximate surface area is 201 Å². The second-order valence-corrected chi connectivity index (χ2v) is 10.6. The number of hydrogen-bond acceptors (Lipinski definition) is 4. The van der Waals surface area contributed by atoms with E-state index in [0.29, 0.717) is 5.78 Å². The van der Waals surface area contributed by atoms with Gasteiger partial charge in [-0.15, -0.1) is 11.3 Å². The van der Waals surface area contributed by atoms with Crippen LogP contribution in [0.4, 0.5) is 0 Å². The second kappa shape index (κ2) is 10.3. The van der Waals surface area contributed by atoms with Crippen molar-refractivity contribution in [1.29, 1.82) is 0 Å². The third kappa shape index (κ3) is 4.97. The monoisotopic (exact) mass is 458 g/mol. The smallest absolute Gasteiger partial charge is 0.145 e. The summed E-state index contributed by atoms with van der Waals surface area (Å²) in [5.74, 6) is 0.595. The largest absolute Gasteiger partial charge is 0.299 e. The van der Waals surface area contributed by atoms with E-state index in [1.54, 1.807) is 0 Å². The molecule has 1 aliphatic carbocycles. The third-order valence-electron chi connectivity index (χ3n) is 7.56. The molecule has 4 heteroatoms. The number of Topliss-reactive ketones (excluding diaryl/α,β-unsaturated/α-hetero) is 1. The van der Waals surface area contributed by atoms with Gasteiger partial charge in [-0.25, -0.2) is 0 Å². The summed E-state index contributed by atoms with van der Waals surface area (Å²) >= 11 is 1.86. The first-order chi connectivity index (χ1) is 16.2. The van der Waals surface area contributed by atoms with Crippen molar-refractivity contribution in [3.63, 3.8) is 0 Å². The number of benzene rings is 1. The van der Waals surface area contributed by atoms with Crippen LogP contribution < -0.4 is 0 Å². The average Bonchev–Trinajstić information content (AvgIpc) is 3.26. The van der Waals surface area contributed by atoms with Gasteiger partial charge in [0.25, 0.3) is 0 Å². The van der Waals surface area contributed by atoms with E-state index in [4.69, 9.17) is 0 Å². The Kier molecular flexibility index (Phi) is 7.03. The van der Waals surface area contributed by atoms with Gasteiger partial charge >= 0.3 is 0 Å². The Bertz CT molecular complexity index is 1130. The fraction of sp³-hybridized carbons (Fsp3) is 0.448. The van der Waals surface area contributed by atoms with E-state index in [1.807, 2.05) is 35.7 Å². The number of aryl methyl sites for hydroxylation is 1. The quantitative estimate of drug-likeness (QED) is 0.381. The molecular formula is C29H34N2OS. The molecule has 0 spiro atoms. The zero-order valence-electron chi connectivity index (χ0n) is 19.6. The Morgan fingerprint density at radius 3 is 2.79 bits per heavy atom. The lowest BCUT2D eigenvalue weighted by atomic mass is 9.79. The van der Waals surface area contributed by atoms with Crippen LogP contribution in [0.5, 0.6) is 0 Å². The highest BCUT2D eigenvalue weighted by Crippen LogP contribution is 2.35. The molecule has 1 unspecified atom stereocenters. The summed E-state index contributed by atoms with van der Waals surface area (Å²) in [6.07, 6.45) is 12.0. The van der Waals surface area contributed by atoms with Crippen LogP contribution in [0, 0.1) is 12.8 Å². The number of fused-ring (bicyclic) bond motifs is 1. The normalized spacial score (nSPS) is 18.9. The Balaban J connectivity index is 1.26. The van der Waals surface area contributed by atoms with Crippen molar-refractivity contribution >= 4 is 32.8 Å². The van der Waals surface area contributed by atoms with E-state index in [2.05, 4.69) is 46.5 Å². The van der Waals surface area contributed by atoms with Crippen LogP contribution in [-0.4, -0.2) is 35.3 Å². The van der Waals surface area contributed by atoms with Gasteiger partial charge in [0.1, 0.15) is 5.78 Å². The van der Waals surface area contributed by atoms with Crippen molar-refractivity contribution < 1.29 is 4.79 Å². The molecule has 1 aromatic carbocycles. The molecule has 1 fully saturated rings. The Morgan fingerprint density at radius 2 is 2.03 bits per heavy atom. The predicted molar refractivity (Wildman–Crippen MR) is 139 cm³/mol. The number of rotatable bonds is 7. The first-order valence-corrected chi connectivity index (χ1v) is 13.4. The molecule has 172 valence electrons. The van der Waals surface area contributed by atoms with Crippen molar-refractivity contribution in [2.45, 2.75) is 57.8 Å². The maximum Gasteiger partial charge on any atom is 0.145 e. The molecule has 3 aromatic rings. The van der Waals surface area contributed by atoms with Gasteiger partial charge in [0.15, 0.2) is 0 Å².